The zero-order valence-electron chi connectivity index (χ0n) is 33.3. The van der Waals surface area contributed by atoms with Crippen molar-refractivity contribution in [2.75, 3.05) is 0 Å². The van der Waals surface area contributed by atoms with Gasteiger partial charge < -0.3 is 0 Å². The SMILES string of the molecule is c1ccc(-c2cc(-c3cccc(-c4cccc(-c5cccc(-c6ccc7c8ccccc8c8ccccc8c7c6)c5)c4)c3)cc(-c3cccc4c3sc3ccccc34)c2)cc1. The fourth-order valence-corrected chi connectivity index (χ4v) is 10.7. The molecule has 0 saturated heterocycles. The molecule has 0 N–H and O–H groups in total. The lowest BCUT2D eigenvalue weighted by atomic mass is 9.90. The third-order valence-electron chi connectivity index (χ3n) is 12.4. The molecule has 12 aromatic rings. The van der Waals surface area contributed by atoms with Crippen LogP contribution in [0.4, 0.5) is 0 Å². The van der Waals surface area contributed by atoms with E-state index < -0.39 is 0 Å². The van der Waals surface area contributed by atoms with Crippen LogP contribution in [0.25, 0.3) is 119 Å². The van der Waals surface area contributed by atoms with E-state index in [0.29, 0.717) is 0 Å². The van der Waals surface area contributed by atoms with E-state index in [1.54, 1.807) is 0 Å². The van der Waals surface area contributed by atoms with E-state index >= 15 is 0 Å². The Morgan fingerprint density at radius 2 is 0.574 bits per heavy atom. The van der Waals surface area contributed by atoms with Crippen LogP contribution >= 0.6 is 11.3 Å². The van der Waals surface area contributed by atoms with Crippen LogP contribution in [-0.2, 0) is 0 Å². The molecule has 12 rings (SSSR count). The number of hydrogen-bond donors (Lipinski definition) is 0. The largest absolute Gasteiger partial charge is 0.135 e. The normalized spacial score (nSPS) is 11.6. The molecule has 0 bridgehead atoms. The summed E-state index contributed by atoms with van der Waals surface area (Å²) in [6.45, 7) is 0. The maximum atomic E-state index is 2.38. The molecule has 0 aliphatic heterocycles. The van der Waals surface area contributed by atoms with Gasteiger partial charge in [-0.1, -0.05) is 182 Å². The van der Waals surface area contributed by atoms with Gasteiger partial charge in [-0.25, -0.2) is 0 Å². The standard InChI is InChI=1S/C60H38S/c1-2-14-39(15-3-1)47-35-48(37-49(36-47)50-27-13-28-57-56-26-8-9-29-59(56)61-60(50)57)45-21-12-19-43(34-45)41-17-10-16-40(32-41)42-18-11-20-44(33-42)46-30-31-55-53-24-5-4-22-51(53)52-23-6-7-25-54(52)58(55)38-46/h1-38H. The summed E-state index contributed by atoms with van der Waals surface area (Å²) in [5.41, 5.74) is 14.6. The van der Waals surface area contributed by atoms with E-state index in [0.717, 1.165) is 0 Å². The first kappa shape index (κ1) is 35.4. The van der Waals surface area contributed by atoms with Crippen LogP contribution in [0.15, 0.2) is 231 Å². The number of fused-ring (bicyclic) bond motifs is 9. The highest BCUT2D eigenvalue weighted by atomic mass is 32.1. The zero-order chi connectivity index (χ0) is 40.3. The van der Waals surface area contributed by atoms with E-state index in [-0.39, 0.29) is 0 Å². The predicted octanol–water partition coefficient (Wildman–Crippen LogP) is 17.5. The molecule has 0 aliphatic rings. The second-order valence-electron chi connectivity index (χ2n) is 16.0. The molecule has 61 heavy (non-hydrogen) atoms. The van der Waals surface area contributed by atoms with E-state index in [1.165, 1.54) is 119 Å². The lowest BCUT2D eigenvalue weighted by Crippen LogP contribution is -1.88. The summed E-state index contributed by atoms with van der Waals surface area (Å²) in [6.07, 6.45) is 0. The van der Waals surface area contributed by atoms with E-state index in [2.05, 4.69) is 231 Å². The Morgan fingerprint density at radius 3 is 1.16 bits per heavy atom. The van der Waals surface area contributed by atoms with Gasteiger partial charge in [-0.15, -0.1) is 11.3 Å². The van der Waals surface area contributed by atoms with Gasteiger partial charge in [0.15, 0.2) is 0 Å². The Bertz CT molecular complexity index is 3610. The van der Waals surface area contributed by atoms with E-state index in [4.69, 9.17) is 0 Å². The number of hydrogen-bond acceptors (Lipinski definition) is 1. The summed E-state index contributed by atoms with van der Waals surface area (Å²) in [7, 11) is 0. The predicted molar refractivity (Wildman–Crippen MR) is 264 cm³/mol. The van der Waals surface area contributed by atoms with Crippen molar-refractivity contribution in [3.8, 4) is 66.8 Å². The molecule has 0 unspecified atom stereocenters. The van der Waals surface area contributed by atoms with Gasteiger partial charge >= 0.3 is 0 Å². The third-order valence-corrected chi connectivity index (χ3v) is 13.6. The van der Waals surface area contributed by atoms with Crippen molar-refractivity contribution in [2.45, 2.75) is 0 Å². The number of thiophene rings is 1. The summed E-state index contributed by atoms with van der Waals surface area (Å²) in [6, 6.07) is 85.0. The maximum Gasteiger partial charge on any atom is 0.0433 e. The maximum absolute atomic E-state index is 2.38. The van der Waals surface area contributed by atoms with Gasteiger partial charge in [-0.3, -0.25) is 0 Å². The second-order valence-corrected chi connectivity index (χ2v) is 17.1. The summed E-state index contributed by atoms with van der Waals surface area (Å²) < 4.78 is 2.65. The molecule has 1 aromatic heterocycles. The average molecular weight is 791 g/mol. The lowest BCUT2D eigenvalue weighted by Gasteiger charge is -2.14. The summed E-state index contributed by atoms with van der Waals surface area (Å²) in [4.78, 5) is 0. The minimum absolute atomic E-state index is 1.20. The minimum Gasteiger partial charge on any atom is -0.135 e. The Balaban J connectivity index is 0.925. The van der Waals surface area contributed by atoms with Crippen molar-refractivity contribution in [1.82, 2.24) is 0 Å². The highest BCUT2D eigenvalue weighted by Crippen LogP contribution is 2.43. The first-order chi connectivity index (χ1) is 30.2. The van der Waals surface area contributed by atoms with Crippen LogP contribution in [0.5, 0.6) is 0 Å². The summed E-state index contributed by atoms with van der Waals surface area (Å²) >= 11 is 1.89. The molecule has 0 spiro atoms. The summed E-state index contributed by atoms with van der Waals surface area (Å²) in [5.74, 6) is 0. The van der Waals surface area contributed by atoms with Gasteiger partial charge in [0, 0.05) is 20.2 Å². The molecule has 0 nitrogen and oxygen atoms in total. The molecular weight excluding hydrogens is 753 g/mol. The van der Waals surface area contributed by atoms with Crippen molar-refractivity contribution >= 4 is 63.8 Å². The van der Waals surface area contributed by atoms with Crippen molar-refractivity contribution in [3.63, 3.8) is 0 Å². The number of rotatable bonds is 6. The number of benzene rings is 11. The fourth-order valence-electron chi connectivity index (χ4n) is 9.44. The molecule has 0 atom stereocenters. The fraction of sp³-hybridized carbons (Fsp3) is 0. The monoisotopic (exact) mass is 790 g/mol. The molecule has 1 heterocycles. The van der Waals surface area contributed by atoms with Gasteiger partial charge in [-0.2, -0.15) is 0 Å². The van der Waals surface area contributed by atoms with Crippen LogP contribution in [0.3, 0.4) is 0 Å². The van der Waals surface area contributed by atoms with Crippen molar-refractivity contribution in [1.29, 1.82) is 0 Å². The zero-order valence-corrected chi connectivity index (χ0v) is 34.2. The topological polar surface area (TPSA) is 0 Å². The molecule has 0 amide bonds. The van der Waals surface area contributed by atoms with Gasteiger partial charge in [0.05, 0.1) is 0 Å². The van der Waals surface area contributed by atoms with Crippen molar-refractivity contribution in [2.24, 2.45) is 0 Å². The van der Waals surface area contributed by atoms with Gasteiger partial charge in [0.2, 0.25) is 0 Å². The van der Waals surface area contributed by atoms with Crippen LogP contribution in [-0.4, -0.2) is 0 Å². The van der Waals surface area contributed by atoms with Crippen molar-refractivity contribution in [3.05, 3.63) is 231 Å². The average Bonchev–Trinajstić information content (AvgIpc) is 3.73. The Morgan fingerprint density at radius 1 is 0.197 bits per heavy atom. The first-order valence-corrected chi connectivity index (χ1v) is 21.8. The van der Waals surface area contributed by atoms with Gasteiger partial charge in [0.1, 0.15) is 0 Å². The van der Waals surface area contributed by atoms with Gasteiger partial charge in [-0.05, 0) is 148 Å². The van der Waals surface area contributed by atoms with Crippen LogP contribution < -0.4 is 0 Å². The van der Waals surface area contributed by atoms with Gasteiger partial charge in [0.25, 0.3) is 0 Å². The minimum atomic E-state index is 1.20. The smallest absolute Gasteiger partial charge is 0.0433 e. The second kappa shape index (κ2) is 14.6. The molecule has 284 valence electrons. The molecular formula is C60H38S. The Kier molecular flexibility index (Phi) is 8.47. The van der Waals surface area contributed by atoms with Crippen LogP contribution in [0, 0.1) is 0 Å². The molecule has 11 aromatic carbocycles. The quantitative estimate of drug-likeness (QED) is 0.147. The van der Waals surface area contributed by atoms with Crippen molar-refractivity contribution < 1.29 is 0 Å². The lowest BCUT2D eigenvalue weighted by molar-refractivity contribution is 1.56. The Hall–Kier alpha value is -7.58. The summed E-state index contributed by atoms with van der Waals surface area (Å²) in [5, 5.41) is 10.4. The molecule has 0 saturated carbocycles. The first-order valence-electron chi connectivity index (χ1n) is 21.0. The van der Waals surface area contributed by atoms with Crippen LogP contribution in [0.2, 0.25) is 0 Å². The van der Waals surface area contributed by atoms with Crippen LogP contribution in [0.1, 0.15) is 0 Å². The molecule has 0 radical (unpaired) electrons. The highest BCUT2D eigenvalue weighted by molar-refractivity contribution is 7.26. The molecule has 0 aliphatic carbocycles. The molecule has 1 heteroatoms. The van der Waals surface area contributed by atoms with E-state index in [9.17, 15) is 0 Å². The Labute approximate surface area is 359 Å². The third kappa shape index (κ3) is 6.22. The molecule has 0 fully saturated rings. The van der Waals surface area contributed by atoms with E-state index in [1.807, 2.05) is 11.3 Å². The highest BCUT2D eigenvalue weighted by Gasteiger charge is 2.15.